The molecule has 1 N–H and O–H groups in total. The second kappa shape index (κ2) is 10.9. The van der Waals surface area contributed by atoms with Gasteiger partial charge in [0.25, 0.3) is 0 Å². The third kappa shape index (κ3) is 4.83. The van der Waals surface area contributed by atoms with Gasteiger partial charge in [-0.2, -0.15) is 4.98 Å². The molecule has 3 aromatic rings. The number of carbonyl (C=O) groups is 1. The fourth-order valence-electron chi connectivity index (χ4n) is 9.25. The van der Waals surface area contributed by atoms with Gasteiger partial charge in [0.05, 0.1) is 17.8 Å². The Labute approximate surface area is 265 Å². The summed E-state index contributed by atoms with van der Waals surface area (Å²) in [5.41, 5.74) is 5.20. The number of aryl methyl sites for hydroxylation is 1. The van der Waals surface area contributed by atoms with Crippen LogP contribution in [-0.2, 0) is 6.54 Å². The van der Waals surface area contributed by atoms with E-state index in [1.807, 2.05) is 11.1 Å². The molecule has 9 rings (SSSR count). The van der Waals surface area contributed by atoms with Crippen molar-refractivity contribution >= 4 is 46.6 Å². The maximum Gasteiger partial charge on any atom is 0.331 e. The molecule has 1 saturated heterocycles. The van der Waals surface area contributed by atoms with Crippen LogP contribution >= 0.6 is 11.8 Å². The summed E-state index contributed by atoms with van der Waals surface area (Å²) in [4.78, 5) is 34.9. The zero-order valence-corrected chi connectivity index (χ0v) is 26.9. The quantitative estimate of drug-likeness (QED) is 0.305. The number of nitrogens with one attached hydrogen (secondary N) is 1. The van der Waals surface area contributed by atoms with Gasteiger partial charge in [-0.15, -0.1) is 11.8 Å². The van der Waals surface area contributed by atoms with Crippen molar-refractivity contribution in [3.8, 4) is 0 Å². The van der Waals surface area contributed by atoms with Gasteiger partial charge in [0.1, 0.15) is 5.82 Å². The highest BCUT2D eigenvalue weighted by molar-refractivity contribution is 7.98. The topological polar surface area (TPSA) is 67.8 Å². The molecular formula is C35H43N7OS. The van der Waals surface area contributed by atoms with Gasteiger partial charge < -0.3 is 15.1 Å². The highest BCUT2D eigenvalue weighted by Crippen LogP contribution is 2.59. The minimum atomic E-state index is -0.169. The molecule has 44 heavy (non-hydrogen) atoms. The monoisotopic (exact) mass is 609 g/mol. The standard InChI is InChI=1S/C35H43N7OS/c1-23-5-4-6-30(44-3)31(23)41-22-27-21-36-33(37-28-7-9-29(10-8-28)40-13-11-39(2)12-14-40)38-32(27)42(34(41)43)35-18-24-15-25(19-35)17-26(16-24)20-35/h4-10,21,24-26H,11-20,22H2,1-3H3,(H,36,37,38). The van der Waals surface area contributed by atoms with Crippen LogP contribution in [0.2, 0.25) is 0 Å². The molecule has 0 atom stereocenters. The molecule has 1 aromatic heterocycles. The van der Waals surface area contributed by atoms with E-state index in [-0.39, 0.29) is 11.6 Å². The van der Waals surface area contributed by atoms with Crippen LogP contribution < -0.4 is 20.0 Å². The van der Waals surface area contributed by atoms with Crippen LogP contribution in [0.1, 0.15) is 49.7 Å². The van der Waals surface area contributed by atoms with E-state index in [9.17, 15) is 4.79 Å². The maximum atomic E-state index is 14.9. The molecule has 4 aliphatic carbocycles. The van der Waals surface area contributed by atoms with Crippen molar-refractivity contribution in [1.82, 2.24) is 14.9 Å². The second-order valence-electron chi connectivity index (χ2n) is 14.0. The summed E-state index contributed by atoms with van der Waals surface area (Å²) in [6.07, 6.45) is 11.3. The maximum absolute atomic E-state index is 14.9. The van der Waals surface area contributed by atoms with E-state index in [1.165, 1.54) is 24.9 Å². The fraction of sp³-hybridized carbons (Fsp3) is 0.514. The number of aromatic nitrogens is 2. The van der Waals surface area contributed by atoms with Crippen LogP contribution in [0, 0.1) is 24.7 Å². The first-order valence-corrected chi connectivity index (χ1v) is 17.5. The lowest BCUT2D eigenvalue weighted by Gasteiger charge is -2.61. The molecule has 4 bridgehead atoms. The van der Waals surface area contributed by atoms with Crippen LogP contribution in [-0.4, -0.2) is 65.9 Å². The van der Waals surface area contributed by atoms with Crippen molar-refractivity contribution in [1.29, 1.82) is 0 Å². The number of anilines is 5. The fourth-order valence-corrected chi connectivity index (χ4v) is 9.92. The first-order chi connectivity index (χ1) is 21.4. The lowest BCUT2D eigenvalue weighted by molar-refractivity contribution is -0.000912. The zero-order chi connectivity index (χ0) is 30.0. The molecule has 2 aromatic carbocycles. The number of piperazine rings is 1. The van der Waals surface area contributed by atoms with E-state index >= 15 is 0 Å². The number of rotatable bonds is 6. The van der Waals surface area contributed by atoms with Gasteiger partial charge in [-0.25, -0.2) is 9.78 Å². The number of fused-ring (bicyclic) bond motifs is 1. The molecule has 3 heterocycles. The van der Waals surface area contributed by atoms with E-state index < -0.39 is 0 Å². The average Bonchev–Trinajstić information content (AvgIpc) is 3.01. The van der Waals surface area contributed by atoms with Crippen molar-refractivity contribution in [3.63, 3.8) is 0 Å². The summed E-state index contributed by atoms with van der Waals surface area (Å²) < 4.78 is 0. The number of benzene rings is 2. The van der Waals surface area contributed by atoms with Crippen LogP contribution in [0.15, 0.2) is 53.6 Å². The SMILES string of the molecule is CSc1cccc(C)c1N1Cc2cnc(Nc3ccc(N4CCN(C)CC4)cc3)nc2N(C23CC4CC(CC(C4)C2)C3)C1=O. The van der Waals surface area contributed by atoms with Crippen LogP contribution in [0.5, 0.6) is 0 Å². The van der Waals surface area contributed by atoms with E-state index in [2.05, 4.69) is 82.7 Å². The summed E-state index contributed by atoms with van der Waals surface area (Å²) in [6.45, 7) is 6.86. The van der Waals surface area contributed by atoms with Crippen molar-refractivity contribution in [2.75, 3.05) is 59.5 Å². The normalized spacial score (nSPS) is 28.0. The zero-order valence-electron chi connectivity index (χ0n) is 26.1. The Hall–Kier alpha value is -3.30. The lowest BCUT2D eigenvalue weighted by atomic mass is 9.52. The molecule has 5 fully saturated rings. The van der Waals surface area contributed by atoms with Gasteiger partial charge >= 0.3 is 6.03 Å². The third-order valence-electron chi connectivity index (χ3n) is 11.0. The van der Waals surface area contributed by atoms with E-state index in [0.717, 1.165) is 78.7 Å². The van der Waals surface area contributed by atoms with E-state index in [4.69, 9.17) is 9.97 Å². The number of para-hydroxylation sites is 1. The van der Waals surface area contributed by atoms with Gasteiger partial charge in [0.2, 0.25) is 5.95 Å². The molecular weight excluding hydrogens is 567 g/mol. The predicted octanol–water partition coefficient (Wildman–Crippen LogP) is 6.92. The number of hydrogen-bond acceptors (Lipinski definition) is 7. The molecule has 2 aliphatic heterocycles. The average molecular weight is 610 g/mol. The van der Waals surface area contributed by atoms with E-state index in [1.54, 1.807) is 11.8 Å². The Balaban J connectivity index is 1.14. The van der Waals surface area contributed by atoms with Crippen molar-refractivity contribution in [3.05, 3.63) is 59.8 Å². The lowest BCUT2D eigenvalue weighted by Crippen LogP contribution is -2.65. The summed E-state index contributed by atoms with van der Waals surface area (Å²) in [5, 5.41) is 3.47. The second-order valence-corrected chi connectivity index (χ2v) is 14.8. The van der Waals surface area contributed by atoms with Gasteiger partial charge in [-0.3, -0.25) is 9.80 Å². The first kappa shape index (κ1) is 28.2. The molecule has 0 unspecified atom stereocenters. The van der Waals surface area contributed by atoms with Gasteiger partial charge in [0, 0.05) is 54.2 Å². The number of nitrogens with zero attached hydrogens (tertiary/aromatic N) is 6. The van der Waals surface area contributed by atoms with Crippen molar-refractivity contribution in [2.45, 2.75) is 62.4 Å². The minimum absolute atomic E-state index is 0.0743. The van der Waals surface area contributed by atoms with Crippen molar-refractivity contribution < 1.29 is 4.79 Å². The Morgan fingerprint density at radius 2 is 1.61 bits per heavy atom. The molecule has 2 amide bonds. The smallest absolute Gasteiger partial charge is 0.331 e. The number of carbonyl (C=O) groups excluding carboxylic acids is 1. The molecule has 230 valence electrons. The number of hydrogen-bond donors (Lipinski definition) is 1. The Morgan fingerprint density at radius 1 is 0.932 bits per heavy atom. The Bertz CT molecular complexity index is 1530. The highest BCUT2D eigenvalue weighted by Gasteiger charge is 2.57. The summed E-state index contributed by atoms with van der Waals surface area (Å²) in [5.74, 6) is 3.50. The highest BCUT2D eigenvalue weighted by atomic mass is 32.2. The molecule has 8 nitrogen and oxygen atoms in total. The number of thioether (sulfide) groups is 1. The first-order valence-electron chi connectivity index (χ1n) is 16.3. The molecule has 9 heteroatoms. The summed E-state index contributed by atoms with van der Waals surface area (Å²) >= 11 is 1.70. The molecule has 0 radical (unpaired) electrons. The molecule has 6 aliphatic rings. The number of amides is 2. The summed E-state index contributed by atoms with van der Waals surface area (Å²) in [7, 11) is 2.18. The van der Waals surface area contributed by atoms with Gasteiger partial charge in [-0.1, -0.05) is 12.1 Å². The largest absolute Gasteiger partial charge is 0.369 e. The third-order valence-corrected chi connectivity index (χ3v) is 11.7. The van der Waals surface area contributed by atoms with Crippen LogP contribution in [0.3, 0.4) is 0 Å². The Kier molecular flexibility index (Phi) is 7.01. The van der Waals surface area contributed by atoms with E-state index in [0.29, 0.717) is 30.2 Å². The Morgan fingerprint density at radius 3 is 2.27 bits per heavy atom. The molecule has 0 spiro atoms. The van der Waals surface area contributed by atoms with Crippen LogP contribution in [0.25, 0.3) is 0 Å². The van der Waals surface area contributed by atoms with Crippen LogP contribution in [0.4, 0.5) is 33.6 Å². The molecule has 4 saturated carbocycles. The number of urea groups is 1. The van der Waals surface area contributed by atoms with Gasteiger partial charge in [0.15, 0.2) is 0 Å². The minimum Gasteiger partial charge on any atom is -0.369 e. The summed E-state index contributed by atoms with van der Waals surface area (Å²) in [6, 6.07) is 15.0. The van der Waals surface area contributed by atoms with Gasteiger partial charge in [-0.05, 0) is 112 Å². The number of likely N-dealkylation sites (N-methyl/N-ethyl adjacent to an activating group) is 1. The predicted molar refractivity (Wildman–Crippen MR) is 179 cm³/mol. The van der Waals surface area contributed by atoms with Crippen molar-refractivity contribution in [2.24, 2.45) is 17.8 Å².